The summed E-state index contributed by atoms with van der Waals surface area (Å²) in [6.45, 7) is 1.61. The average Bonchev–Trinajstić information content (AvgIpc) is 2.18. The fourth-order valence-electron chi connectivity index (χ4n) is 1.55. The third-order valence-electron chi connectivity index (χ3n) is 2.21. The van der Waals surface area contributed by atoms with Crippen LogP contribution in [0.5, 0.6) is 0 Å². The maximum atomic E-state index is 13.5. The van der Waals surface area contributed by atoms with Gasteiger partial charge in [-0.1, -0.05) is 0 Å². The number of rotatable bonds is 5. The molecule has 0 radical (unpaired) electrons. The van der Waals surface area contributed by atoms with Crippen LogP contribution >= 0.6 is 0 Å². The van der Waals surface area contributed by atoms with Crippen molar-refractivity contribution in [3.63, 3.8) is 0 Å². The Labute approximate surface area is 105 Å². The first-order valence-corrected chi connectivity index (χ1v) is 7.28. The lowest BCUT2D eigenvalue weighted by Gasteiger charge is -2.15. The van der Waals surface area contributed by atoms with Crippen LogP contribution in [0.2, 0.25) is 0 Å². The molecule has 1 aromatic rings. The van der Waals surface area contributed by atoms with Gasteiger partial charge in [-0.3, -0.25) is 4.79 Å². The zero-order valence-electron chi connectivity index (χ0n) is 10.1. The Bertz CT molecular complexity index is 557. The van der Waals surface area contributed by atoms with Gasteiger partial charge in [-0.25, -0.2) is 12.8 Å². The number of nitrogens with two attached hydrogens (primary N) is 1. The Morgan fingerprint density at radius 1 is 1.50 bits per heavy atom. The van der Waals surface area contributed by atoms with Gasteiger partial charge in [0, 0.05) is 17.9 Å². The van der Waals surface area contributed by atoms with Crippen molar-refractivity contribution in [2.75, 3.05) is 17.3 Å². The van der Waals surface area contributed by atoms with E-state index in [-0.39, 0.29) is 17.0 Å². The zero-order valence-corrected chi connectivity index (χ0v) is 10.9. The summed E-state index contributed by atoms with van der Waals surface area (Å²) in [5.41, 5.74) is 5.30. The van der Waals surface area contributed by atoms with E-state index in [1.807, 2.05) is 0 Å². The summed E-state index contributed by atoms with van der Waals surface area (Å²) in [6.07, 6.45) is 1.10. The predicted molar refractivity (Wildman–Crippen MR) is 67.7 cm³/mol. The third-order valence-corrected chi connectivity index (χ3v) is 3.31. The van der Waals surface area contributed by atoms with E-state index in [0.717, 1.165) is 12.3 Å². The van der Waals surface area contributed by atoms with Gasteiger partial charge in [0.15, 0.2) is 0 Å². The molecule has 0 bridgehead atoms. The molecule has 1 unspecified atom stereocenters. The number of hydrogen-bond donors (Lipinski definition) is 2. The van der Waals surface area contributed by atoms with Gasteiger partial charge in [-0.2, -0.15) is 0 Å². The van der Waals surface area contributed by atoms with Gasteiger partial charge in [0.05, 0.1) is 11.4 Å². The number of amides is 1. The van der Waals surface area contributed by atoms with Crippen LogP contribution in [0, 0.1) is 5.82 Å². The van der Waals surface area contributed by atoms with Gasteiger partial charge in [-0.15, -0.1) is 0 Å². The fraction of sp³-hybridized carbons (Fsp3) is 0.364. The number of carbonyl (C=O) groups excluding carboxylic acids is 1. The van der Waals surface area contributed by atoms with Crippen LogP contribution in [-0.2, 0) is 9.84 Å². The molecule has 0 aliphatic rings. The van der Waals surface area contributed by atoms with E-state index in [9.17, 15) is 17.6 Å². The number of carbonyl (C=O) groups is 1. The van der Waals surface area contributed by atoms with Crippen molar-refractivity contribution in [1.29, 1.82) is 0 Å². The number of anilines is 1. The number of sulfone groups is 1. The smallest absolute Gasteiger partial charge is 0.248 e. The molecular formula is C11H15FN2O3S. The molecule has 7 heteroatoms. The zero-order chi connectivity index (χ0) is 13.9. The number of benzene rings is 1. The second-order valence-electron chi connectivity index (χ2n) is 4.20. The number of halogens is 1. The van der Waals surface area contributed by atoms with Crippen LogP contribution in [0.15, 0.2) is 18.2 Å². The molecule has 0 fully saturated rings. The summed E-state index contributed by atoms with van der Waals surface area (Å²) in [7, 11) is -3.16. The summed E-state index contributed by atoms with van der Waals surface area (Å²) in [5.74, 6) is -1.37. The quantitative estimate of drug-likeness (QED) is 0.830. The molecule has 0 aliphatic heterocycles. The summed E-state index contributed by atoms with van der Waals surface area (Å²) in [5, 5.41) is 2.70. The molecule has 1 amide bonds. The molecule has 3 N–H and O–H groups in total. The first kappa shape index (κ1) is 14.4. The lowest BCUT2D eigenvalue weighted by atomic mass is 10.1. The highest BCUT2D eigenvalue weighted by Crippen LogP contribution is 2.17. The average molecular weight is 274 g/mol. The van der Waals surface area contributed by atoms with Crippen LogP contribution in [0.4, 0.5) is 10.1 Å². The molecule has 0 aliphatic carbocycles. The Balaban J connectivity index is 2.90. The monoisotopic (exact) mass is 274 g/mol. The maximum absolute atomic E-state index is 13.5. The lowest BCUT2D eigenvalue weighted by Crippen LogP contribution is -2.25. The second-order valence-corrected chi connectivity index (χ2v) is 6.38. The van der Waals surface area contributed by atoms with E-state index >= 15 is 0 Å². The van der Waals surface area contributed by atoms with Crippen LogP contribution in [0.25, 0.3) is 0 Å². The van der Waals surface area contributed by atoms with E-state index in [1.165, 1.54) is 12.1 Å². The summed E-state index contributed by atoms with van der Waals surface area (Å²) in [4.78, 5) is 11.0. The van der Waals surface area contributed by atoms with Crippen LogP contribution in [0.3, 0.4) is 0 Å². The van der Waals surface area contributed by atoms with Crippen molar-refractivity contribution in [3.8, 4) is 0 Å². The van der Waals surface area contributed by atoms with Crippen LogP contribution < -0.4 is 11.1 Å². The summed E-state index contributed by atoms with van der Waals surface area (Å²) < 4.78 is 35.6. The third kappa shape index (κ3) is 4.33. The fourth-order valence-corrected chi connectivity index (χ4v) is 2.54. The Morgan fingerprint density at radius 3 is 2.61 bits per heavy atom. The molecule has 1 aromatic carbocycles. The standard InChI is InChI=1S/C11H15FN2O3S/c1-7(6-18(2,16)17)14-10-5-8(11(13)15)3-4-9(10)12/h3-5,7,14H,6H2,1-2H3,(H2,13,15). The Kier molecular flexibility index (Phi) is 4.28. The minimum Gasteiger partial charge on any atom is -0.379 e. The lowest BCUT2D eigenvalue weighted by molar-refractivity contribution is 0.100. The first-order chi connectivity index (χ1) is 8.19. The van der Waals surface area contributed by atoms with Crippen molar-refractivity contribution in [2.24, 2.45) is 5.73 Å². The van der Waals surface area contributed by atoms with Crippen LogP contribution in [-0.4, -0.2) is 32.4 Å². The van der Waals surface area contributed by atoms with E-state index in [1.54, 1.807) is 6.92 Å². The van der Waals surface area contributed by atoms with E-state index in [0.29, 0.717) is 0 Å². The topological polar surface area (TPSA) is 89.3 Å². The molecular weight excluding hydrogens is 259 g/mol. The van der Waals surface area contributed by atoms with Gasteiger partial charge >= 0.3 is 0 Å². The van der Waals surface area contributed by atoms with Gasteiger partial charge in [0.2, 0.25) is 5.91 Å². The number of nitrogens with one attached hydrogen (secondary N) is 1. The van der Waals surface area contributed by atoms with E-state index in [4.69, 9.17) is 5.73 Å². The van der Waals surface area contributed by atoms with E-state index < -0.39 is 27.6 Å². The van der Waals surface area contributed by atoms with Crippen molar-refractivity contribution in [2.45, 2.75) is 13.0 Å². The molecule has 0 saturated heterocycles. The van der Waals surface area contributed by atoms with Crippen molar-refractivity contribution >= 4 is 21.4 Å². The first-order valence-electron chi connectivity index (χ1n) is 5.22. The number of primary amides is 1. The largest absolute Gasteiger partial charge is 0.379 e. The van der Waals surface area contributed by atoms with Gasteiger partial charge in [0.1, 0.15) is 15.7 Å². The van der Waals surface area contributed by atoms with Crippen molar-refractivity contribution in [3.05, 3.63) is 29.6 Å². The normalized spacial score (nSPS) is 13.1. The van der Waals surface area contributed by atoms with Crippen LogP contribution in [0.1, 0.15) is 17.3 Å². The summed E-state index contributed by atoms with van der Waals surface area (Å²) >= 11 is 0. The molecule has 1 rings (SSSR count). The highest BCUT2D eigenvalue weighted by Gasteiger charge is 2.13. The van der Waals surface area contributed by atoms with Crippen molar-refractivity contribution in [1.82, 2.24) is 0 Å². The molecule has 0 aromatic heterocycles. The van der Waals surface area contributed by atoms with Gasteiger partial charge < -0.3 is 11.1 Å². The summed E-state index contributed by atoms with van der Waals surface area (Å²) in [6, 6.07) is 3.16. The highest BCUT2D eigenvalue weighted by molar-refractivity contribution is 7.90. The van der Waals surface area contributed by atoms with E-state index in [2.05, 4.69) is 5.32 Å². The highest BCUT2D eigenvalue weighted by atomic mass is 32.2. The SMILES string of the molecule is CC(CS(C)(=O)=O)Nc1cc(C(N)=O)ccc1F. The van der Waals surface area contributed by atoms with Gasteiger partial charge in [0.25, 0.3) is 0 Å². The Hall–Kier alpha value is -1.63. The Morgan fingerprint density at radius 2 is 2.11 bits per heavy atom. The minimum absolute atomic E-state index is 0.0578. The molecule has 100 valence electrons. The minimum atomic E-state index is -3.16. The molecule has 0 spiro atoms. The molecule has 18 heavy (non-hydrogen) atoms. The molecule has 0 heterocycles. The second kappa shape index (κ2) is 5.34. The molecule has 0 saturated carbocycles. The predicted octanol–water partition coefficient (Wildman–Crippen LogP) is 0.770. The molecule has 1 atom stereocenters. The molecule has 5 nitrogen and oxygen atoms in total. The van der Waals surface area contributed by atoms with Gasteiger partial charge in [-0.05, 0) is 25.1 Å². The number of hydrogen-bond acceptors (Lipinski definition) is 4. The maximum Gasteiger partial charge on any atom is 0.248 e. The van der Waals surface area contributed by atoms with Crippen molar-refractivity contribution < 1.29 is 17.6 Å².